The summed E-state index contributed by atoms with van der Waals surface area (Å²) in [6.45, 7) is -0.205. The van der Waals surface area contributed by atoms with E-state index >= 15 is 0 Å². The summed E-state index contributed by atoms with van der Waals surface area (Å²) >= 11 is 0. The Hall–Kier alpha value is -3.60. The summed E-state index contributed by atoms with van der Waals surface area (Å²) in [5.74, 6) is -0.856. The van der Waals surface area contributed by atoms with Crippen molar-refractivity contribution in [2.45, 2.75) is 6.54 Å². The maximum absolute atomic E-state index is 13.9. The van der Waals surface area contributed by atoms with Crippen LogP contribution in [0.25, 0.3) is 22.2 Å². The first-order chi connectivity index (χ1) is 12.7. The highest BCUT2D eigenvalue weighted by Gasteiger charge is 2.26. The molecule has 0 radical (unpaired) electrons. The molecule has 10 nitrogen and oxygen atoms in total. The van der Waals surface area contributed by atoms with E-state index in [1.165, 1.54) is 14.1 Å². The van der Waals surface area contributed by atoms with Crippen LogP contribution in [0.1, 0.15) is 5.56 Å². The molecule has 0 atom stereocenters. The molecular formula is C16H15FN6O4. The lowest BCUT2D eigenvalue weighted by Gasteiger charge is -2.16. The van der Waals surface area contributed by atoms with Crippen LogP contribution in [0.3, 0.4) is 0 Å². The second-order valence-electron chi connectivity index (χ2n) is 5.88. The molecule has 0 saturated carbocycles. The Bertz CT molecular complexity index is 1230. The lowest BCUT2D eigenvalue weighted by atomic mass is 9.95. The van der Waals surface area contributed by atoms with Gasteiger partial charge in [-0.05, 0) is 12.1 Å². The fraction of sp³-hybridized carbons (Fsp3) is 0.188. The van der Waals surface area contributed by atoms with E-state index < -0.39 is 27.7 Å². The molecule has 11 heteroatoms. The Kier molecular flexibility index (Phi) is 4.24. The normalized spacial score (nSPS) is 11.1. The summed E-state index contributed by atoms with van der Waals surface area (Å²) in [5, 5.41) is 11.4. The van der Waals surface area contributed by atoms with Crippen molar-refractivity contribution in [1.82, 2.24) is 14.1 Å². The first kappa shape index (κ1) is 18.2. The Morgan fingerprint density at radius 2 is 1.93 bits per heavy atom. The van der Waals surface area contributed by atoms with Gasteiger partial charge < -0.3 is 11.5 Å². The number of hydrogen-bond donors (Lipinski definition) is 2. The number of benzene rings is 1. The van der Waals surface area contributed by atoms with Crippen molar-refractivity contribution in [2.24, 2.45) is 19.8 Å². The van der Waals surface area contributed by atoms with Crippen LogP contribution in [0.15, 0.2) is 27.8 Å². The number of nitrogens with two attached hydrogens (primary N) is 2. The average molecular weight is 374 g/mol. The third kappa shape index (κ3) is 2.64. The van der Waals surface area contributed by atoms with E-state index in [1.807, 2.05) is 0 Å². The van der Waals surface area contributed by atoms with Gasteiger partial charge in [-0.3, -0.25) is 24.0 Å². The van der Waals surface area contributed by atoms with Crippen LogP contribution in [0.5, 0.6) is 0 Å². The summed E-state index contributed by atoms with van der Waals surface area (Å²) in [6.07, 6.45) is 0. The van der Waals surface area contributed by atoms with Crippen molar-refractivity contribution in [3.63, 3.8) is 0 Å². The molecule has 0 aliphatic rings. The quantitative estimate of drug-likeness (QED) is 0.497. The smallest absolute Gasteiger partial charge is 0.332 e. The summed E-state index contributed by atoms with van der Waals surface area (Å²) in [4.78, 5) is 39.8. The van der Waals surface area contributed by atoms with E-state index in [0.717, 1.165) is 27.3 Å². The molecule has 3 rings (SSSR count). The van der Waals surface area contributed by atoms with Gasteiger partial charge in [-0.25, -0.2) is 14.2 Å². The minimum atomic E-state index is -0.747. The molecule has 1 aromatic carbocycles. The number of nitro benzene ring substituents is 1. The number of aromatic nitrogens is 3. The molecule has 0 spiro atoms. The topological polar surface area (TPSA) is 152 Å². The second kappa shape index (κ2) is 6.29. The molecule has 0 bridgehead atoms. The van der Waals surface area contributed by atoms with Crippen LogP contribution in [-0.2, 0) is 20.6 Å². The molecule has 27 heavy (non-hydrogen) atoms. The molecule has 0 amide bonds. The number of nitrogens with zero attached hydrogens (tertiary/aromatic N) is 4. The number of nitrogen functional groups attached to an aromatic ring is 1. The number of halogens is 1. The number of rotatable bonds is 3. The van der Waals surface area contributed by atoms with Crippen LogP contribution in [0.4, 0.5) is 15.9 Å². The lowest BCUT2D eigenvalue weighted by molar-refractivity contribution is -0.384. The summed E-state index contributed by atoms with van der Waals surface area (Å²) in [7, 11) is 2.63. The summed E-state index contributed by atoms with van der Waals surface area (Å²) in [6, 6.07) is 2.85. The fourth-order valence-corrected chi connectivity index (χ4v) is 3.02. The largest absolute Gasteiger partial charge is 0.383 e. The standard InChI is InChI=1S/C16H15FN6O4/c1-21-14-12(15(24)22(2)16(21)25)11(9(6-18)13(19)20-14)8-5-7(17)3-4-10(8)23(26)27/h3-5H,6,18H2,1-2H3,(H2,19,20). The van der Waals surface area contributed by atoms with Crippen LogP contribution in [0.2, 0.25) is 0 Å². The zero-order valence-electron chi connectivity index (χ0n) is 14.4. The molecule has 0 aliphatic carbocycles. The first-order valence-corrected chi connectivity index (χ1v) is 7.71. The van der Waals surface area contributed by atoms with Gasteiger partial charge in [0.25, 0.3) is 11.2 Å². The molecule has 0 unspecified atom stereocenters. The fourth-order valence-electron chi connectivity index (χ4n) is 3.02. The first-order valence-electron chi connectivity index (χ1n) is 7.71. The second-order valence-corrected chi connectivity index (χ2v) is 5.88. The number of pyridine rings is 1. The van der Waals surface area contributed by atoms with Gasteiger partial charge in [0.1, 0.15) is 11.6 Å². The van der Waals surface area contributed by atoms with Crippen molar-refractivity contribution >= 4 is 22.5 Å². The van der Waals surface area contributed by atoms with E-state index in [2.05, 4.69) is 4.98 Å². The molecule has 0 fully saturated rings. The van der Waals surface area contributed by atoms with E-state index in [9.17, 15) is 24.1 Å². The van der Waals surface area contributed by atoms with Gasteiger partial charge in [0.05, 0.1) is 15.9 Å². The highest BCUT2D eigenvalue weighted by Crippen LogP contribution is 2.37. The minimum Gasteiger partial charge on any atom is -0.383 e. The zero-order valence-corrected chi connectivity index (χ0v) is 14.4. The van der Waals surface area contributed by atoms with Crippen LogP contribution in [-0.4, -0.2) is 19.0 Å². The molecule has 0 aliphatic heterocycles. The molecule has 2 aromatic heterocycles. The highest BCUT2D eigenvalue weighted by molar-refractivity contribution is 5.98. The average Bonchev–Trinajstić information content (AvgIpc) is 2.63. The molecule has 0 saturated heterocycles. The SMILES string of the molecule is Cn1c(=O)c2c(-c3cc(F)ccc3[N+](=O)[O-])c(CN)c(N)nc2n(C)c1=O. The van der Waals surface area contributed by atoms with Gasteiger partial charge in [0.2, 0.25) is 0 Å². The van der Waals surface area contributed by atoms with Crippen molar-refractivity contribution in [3.8, 4) is 11.1 Å². The van der Waals surface area contributed by atoms with Crippen LogP contribution in [0, 0.1) is 15.9 Å². The molecular weight excluding hydrogens is 359 g/mol. The van der Waals surface area contributed by atoms with Crippen molar-refractivity contribution in [1.29, 1.82) is 0 Å². The maximum atomic E-state index is 13.9. The maximum Gasteiger partial charge on any atom is 0.332 e. The van der Waals surface area contributed by atoms with Crippen molar-refractivity contribution in [2.75, 3.05) is 5.73 Å². The zero-order chi connectivity index (χ0) is 20.0. The van der Waals surface area contributed by atoms with Crippen LogP contribution < -0.4 is 22.7 Å². The third-order valence-electron chi connectivity index (χ3n) is 4.35. The lowest BCUT2D eigenvalue weighted by Crippen LogP contribution is -2.38. The molecule has 140 valence electrons. The Morgan fingerprint density at radius 3 is 2.52 bits per heavy atom. The van der Waals surface area contributed by atoms with Crippen molar-refractivity contribution < 1.29 is 9.31 Å². The molecule has 4 N–H and O–H groups in total. The van der Waals surface area contributed by atoms with E-state index in [-0.39, 0.29) is 40.1 Å². The Balaban J connectivity index is 2.69. The van der Waals surface area contributed by atoms with Gasteiger partial charge >= 0.3 is 5.69 Å². The molecule has 3 aromatic rings. The van der Waals surface area contributed by atoms with Gasteiger partial charge in [-0.2, -0.15) is 0 Å². The van der Waals surface area contributed by atoms with Gasteiger partial charge in [0.15, 0.2) is 5.65 Å². The number of anilines is 1. The van der Waals surface area contributed by atoms with Crippen LogP contribution >= 0.6 is 0 Å². The summed E-state index contributed by atoms with van der Waals surface area (Å²) in [5.41, 5.74) is 9.72. The number of aryl methyl sites for hydroxylation is 1. The third-order valence-corrected chi connectivity index (χ3v) is 4.35. The number of nitro groups is 1. The predicted octanol–water partition coefficient (Wildman–Crippen LogP) is 0.387. The van der Waals surface area contributed by atoms with Gasteiger partial charge in [-0.1, -0.05) is 0 Å². The monoisotopic (exact) mass is 374 g/mol. The Morgan fingerprint density at radius 1 is 1.26 bits per heavy atom. The van der Waals surface area contributed by atoms with E-state index in [0.29, 0.717) is 0 Å². The van der Waals surface area contributed by atoms with Crippen molar-refractivity contribution in [3.05, 3.63) is 60.5 Å². The minimum absolute atomic E-state index is 0.0117. The summed E-state index contributed by atoms with van der Waals surface area (Å²) < 4.78 is 15.8. The Labute approximate surface area is 150 Å². The van der Waals surface area contributed by atoms with E-state index in [1.54, 1.807) is 0 Å². The van der Waals surface area contributed by atoms with Gasteiger partial charge in [-0.15, -0.1) is 0 Å². The number of fused-ring (bicyclic) bond motifs is 1. The predicted molar refractivity (Wildman–Crippen MR) is 96.6 cm³/mol. The number of hydrogen-bond acceptors (Lipinski definition) is 7. The highest BCUT2D eigenvalue weighted by atomic mass is 19.1. The van der Waals surface area contributed by atoms with E-state index in [4.69, 9.17) is 11.5 Å². The van der Waals surface area contributed by atoms with Gasteiger partial charge in [0, 0.05) is 37.8 Å². The molecule has 2 heterocycles.